The number of hydrogen-bond acceptors (Lipinski definition) is 9. The van der Waals surface area contributed by atoms with E-state index in [1.807, 2.05) is 19.9 Å². The maximum atomic E-state index is 13.1. The van der Waals surface area contributed by atoms with Gasteiger partial charge >= 0.3 is 5.69 Å². The number of rotatable bonds is 7. The standard InChI is InChI=1S/C22H31N9O3/c1-15(2)16(32)13-28-8-6-27(7-9-28)10-11-29-21-25-20-19(31(21)26(3)22(29)33)18(24-14-30(20)23)17-5-4-12-34-17/h4-5,12,15H,6-11,13-14,23H2,1-3H3. The summed E-state index contributed by atoms with van der Waals surface area (Å²) in [6, 6.07) is 3.63. The van der Waals surface area contributed by atoms with Crippen molar-refractivity contribution >= 4 is 23.1 Å². The molecule has 0 unspecified atom stereocenters. The van der Waals surface area contributed by atoms with Crippen LogP contribution in [0.4, 0.5) is 5.82 Å². The number of nitrogens with zero attached hydrogens (tertiary/aromatic N) is 8. The fourth-order valence-corrected chi connectivity index (χ4v) is 4.51. The summed E-state index contributed by atoms with van der Waals surface area (Å²) in [5.41, 5.74) is 1.11. The average Bonchev–Trinajstić information content (AvgIpc) is 3.53. The molecule has 182 valence electrons. The molecule has 0 atom stereocenters. The van der Waals surface area contributed by atoms with Gasteiger partial charge in [-0.15, -0.1) is 0 Å². The highest BCUT2D eigenvalue weighted by Gasteiger charge is 2.31. The third-order valence-corrected chi connectivity index (χ3v) is 6.63. The van der Waals surface area contributed by atoms with E-state index in [0.29, 0.717) is 48.4 Å². The number of aliphatic imine (C=N–C) groups is 1. The molecule has 0 spiro atoms. The van der Waals surface area contributed by atoms with Gasteiger partial charge in [-0.2, -0.15) is 4.98 Å². The van der Waals surface area contributed by atoms with E-state index in [1.54, 1.807) is 28.5 Å². The van der Waals surface area contributed by atoms with Gasteiger partial charge in [0, 0.05) is 52.2 Å². The highest BCUT2D eigenvalue weighted by molar-refractivity contribution is 6.14. The largest absolute Gasteiger partial charge is 0.463 e. The Morgan fingerprint density at radius 2 is 1.91 bits per heavy atom. The summed E-state index contributed by atoms with van der Waals surface area (Å²) >= 11 is 0. The first-order valence-electron chi connectivity index (χ1n) is 11.6. The highest BCUT2D eigenvalue weighted by atomic mass is 16.3. The normalized spacial score (nSPS) is 17.6. The van der Waals surface area contributed by atoms with Gasteiger partial charge in [0.25, 0.3) is 0 Å². The number of piperazine rings is 1. The van der Waals surface area contributed by atoms with E-state index in [0.717, 1.165) is 26.2 Å². The molecule has 34 heavy (non-hydrogen) atoms. The van der Waals surface area contributed by atoms with Crippen LogP contribution in [0.25, 0.3) is 5.78 Å². The second-order valence-corrected chi connectivity index (χ2v) is 9.19. The van der Waals surface area contributed by atoms with Crippen molar-refractivity contribution in [2.75, 3.05) is 50.9 Å². The van der Waals surface area contributed by atoms with Gasteiger partial charge in [0.15, 0.2) is 11.6 Å². The van der Waals surface area contributed by atoms with Gasteiger partial charge in [-0.1, -0.05) is 13.8 Å². The van der Waals surface area contributed by atoms with E-state index in [-0.39, 0.29) is 24.1 Å². The lowest BCUT2D eigenvalue weighted by molar-refractivity contribution is -0.123. The van der Waals surface area contributed by atoms with Crippen LogP contribution in [-0.2, 0) is 18.4 Å². The first-order valence-corrected chi connectivity index (χ1v) is 11.6. The monoisotopic (exact) mass is 469 g/mol. The quantitative estimate of drug-likeness (QED) is 0.471. The Morgan fingerprint density at radius 1 is 1.18 bits per heavy atom. The molecule has 0 bridgehead atoms. The lowest BCUT2D eigenvalue weighted by Gasteiger charge is -2.34. The fourth-order valence-electron chi connectivity index (χ4n) is 4.51. The van der Waals surface area contributed by atoms with Crippen LogP contribution in [0.3, 0.4) is 0 Å². The van der Waals surface area contributed by atoms with Crippen LogP contribution in [0.1, 0.15) is 25.3 Å². The zero-order chi connectivity index (χ0) is 24.0. The summed E-state index contributed by atoms with van der Waals surface area (Å²) < 4.78 is 10.6. The number of hydrogen-bond donors (Lipinski definition) is 1. The van der Waals surface area contributed by atoms with E-state index < -0.39 is 0 Å². The van der Waals surface area contributed by atoms with Gasteiger partial charge in [0.2, 0.25) is 5.78 Å². The van der Waals surface area contributed by atoms with E-state index in [9.17, 15) is 9.59 Å². The van der Waals surface area contributed by atoms with Crippen LogP contribution in [0, 0.1) is 5.92 Å². The molecule has 2 aliphatic heterocycles. The minimum Gasteiger partial charge on any atom is -0.463 e. The van der Waals surface area contributed by atoms with Crippen molar-refractivity contribution in [1.29, 1.82) is 0 Å². The summed E-state index contributed by atoms with van der Waals surface area (Å²) in [5.74, 6) is 8.19. The number of ketones is 1. The van der Waals surface area contributed by atoms with Gasteiger partial charge in [0.1, 0.15) is 23.9 Å². The molecule has 1 fully saturated rings. The number of aromatic nitrogens is 4. The van der Waals surface area contributed by atoms with Crippen molar-refractivity contribution in [3.8, 4) is 0 Å². The van der Waals surface area contributed by atoms with Crippen LogP contribution in [0.15, 0.2) is 32.6 Å². The molecule has 0 amide bonds. The Bertz CT molecular complexity index is 1270. The average molecular weight is 470 g/mol. The van der Waals surface area contributed by atoms with Crippen LogP contribution < -0.4 is 16.5 Å². The third-order valence-electron chi connectivity index (χ3n) is 6.63. The molecule has 5 rings (SSSR count). The molecule has 5 heterocycles. The molecule has 12 nitrogen and oxygen atoms in total. The number of nitrogens with two attached hydrogens (primary N) is 1. The molecular weight excluding hydrogens is 438 g/mol. The molecule has 2 N–H and O–H groups in total. The Labute approximate surface area is 196 Å². The minimum absolute atomic E-state index is 0.0635. The third kappa shape index (κ3) is 3.87. The van der Waals surface area contributed by atoms with Crippen LogP contribution in [-0.4, -0.2) is 86.0 Å². The lowest BCUT2D eigenvalue weighted by Crippen LogP contribution is -2.49. The van der Waals surface area contributed by atoms with Gasteiger partial charge in [-0.05, 0) is 12.1 Å². The highest BCUT2D eigenvalue weighted by Crippen LogP contribution is 2.26. The number of hydrazine groups is 1. The number of carbonyl (C=O) groups is 1. The van der Waals surface area contributed by atoms with Crippen molar-refractivity contribution in [2.45, 2.75) is 20.4 Å². The fraction of sp³-hybridized carbons (Fsp3) is 0.545. The summed E-state index contributed by atoms with van der Waals surface area (Å²) in [5, 5.41) is 1.47. The number of fused-ring (bicyclic) bond motifs is 3. The van der Waals surface area contributed by atoms with Gasteiger partial charge in [-0.3, -0.25) is 29.2 Å². The predicted molar refractivity (Wildman–Crippen MR) is 127 cm³/mol. The first-order chi connectivity index (χ1) is 16.3. The number of carbonyl (C=O) groups excluding carboxylic acids is 1. The van der Waals surface area contributed by atoms with Crippen molar-refractivity contribution in [3.05, 3.63) is 40.3 Å². The maximum Gasteiger partial charge on any atom is 0.345 e. The molecule has 0 radical (unpaired) electrons. The van der Waals surface area contributed by atoms with Gasteiger partial charge in [0.05, 0.1) is 12.8 Å². The molecule has 3 aromatic heterocycles. The van der Waals surface area contributed by atoms with Crippen molar-refractivity contribution in [1.82, 2.24) is 28.5 Å². The second kappa shape index (κ2) is 8.85. The number of imidazole rings is 1. The van der Waals surface area contributed by atoms with Crippen molar-refractivity contribution < 1.29 is 9.21 Å². The molecule has 1 saturated heterocycles. The van der Waals surface area contributed by atoms with E-state index >= 15 is 0 Å². The van der Waals surface area contributed by atoms with Crippen molar-refractivity contribution in [3.63, 3.8) is 0 Å². The molecule has 2 aliphatic rings. The molecule has 12 heteroatoms. The molecular formula is C22H31N9O3. The summed E-state index contributed by atoms with van der Waals surface area (Å²) in [7, 11) is 1.72. The maximum absolute atomic E-state index is 13.1. The Balaban J connectivity index is 1.35. The predicted octanol–water partition coefficient (Wildman–Crippen LogP) is -0.241. The summed E-state index contributed by atoms with van der Waals surface area (Å²) in [6.45, 7) is 9.28. The second-order valence-electron chi connectivity index (χ2n) is 9.19. The summed E-state index contributed by atoms with van der Waals surface area (Å²) in [6.07, 6.45) is 1.59. The van der Waals surface area contributed by atoms with Crippen molar-refractivity contribution in [2.24, 2.45) is 23.8 Å². The van der Waals surface area contributed by atoms with E-state index in [1.165, 1.54) is 9.69 Å². The first kappa shape index (κ1) is 22.6. The van der Waals surface area contributed by atoms with Crippen LogP contribution in [0.5, 0.6) is 0 Å². The van der Waals surface area contributed by atoms with Gasteiger partial charge in [-0.25, -0.2) is 19.8 Å². The lowest BCUT2D eigenvalue weighted by atomic mass is 10.1. The van der Waals surface area contributed by atoms with Crippen LogP contribution in [0.2, 0.25) is 0 Å². The molecule has 3 aromatic rings. The zero-order valence-electron chi connectivity index (χ0n) is 19.8. The SMILES string of the molecule is CC(C)C(=O)CN1CCN(CCn2c(=O)n(C)n3c4c(nc23)N(N)CN=C4c2ccco2)CC1. The van der Waals surface area contributed by atoms with Gasteiger partial charge < -0.3 is 4.42 Å². The van der Waals surface area contributed by atoms with Crippen LogP contribution >= 0.6 is 0 Å². The number of aryl methyl sites for hydroxylation is 1. The van der Waals surface area contributed by atoms with E-state index in [2.05, 4.69) is 14.8 Å². The molecule has 0 aliphatic carbocycles. The minimum atomic E-state index is -0.153. The smallest absolute Gasteiger partial charge is 0.345 e. The number of anilines is 1. The zero-order valence-corrected chi connectivity index (χ0v) is 19.8. The summed E-state index contributed by atoms with van der Waals surface area (Å²) in [4.78, 5) is 39.0. The number of furan rings is 1. The molecule has 0 aromatic carbocycles. The van der Waals surface area contributed by atoms with E-state index in [4.69, 9.17) is 15.2 Å². The molecule has 0 saturated carbocycles. The number of Topliss-reactive ketones (excluding diaryl/α,β-unsaturated/α-hetero) is 1. The Hall–Kier alpha value is -3.22. The topological polar surface area (TPSA) is 123 Å². The Morgan fingerprint density at radius 3 is 2.59 bits per heavy atom. The Kier molecular flexibility index (Phi) is 5.88.